The van der Waals surface area contributed by atoms with Crippen LogP contribution in [0.25, 0.3) is 0 Å². The highest BCUT2D eigenvalue weighted by Crippen LogP contribution is 2.33. The van der Waals surface area contributed by atoms with Crippen molar-refractivity contribution in [2.45, 2.75) is 39.5 Å². The van der Waals surface area contributed by atoms with Gasteiger partial charge < -0.3 is 14.4 Å². The Bertz CT molecular complexity index is 627. The molecule has 0 aromatic heterocycles. The van der Waals surface area contributed by atoms with E-state index in [0.29, 0.717) is 25.6 Å². The minimum atomic E-state index is -0.224. The first-order valence-corrected chi connectivity index (χ1v) is 8.86. The Kier molecular flexibility index (Phi) is 6.15. The summed E-state index contributed by atoms with van der Waals surface area (Å²) in [5, 5.41) is 0. The van der Waals surface area contributed by atoms with Crippen LogP contribution in [-0.2, 0) is 10.2 Å². The predicted octanol–water partition coefficient (Wildman–Crippen LogP) is 4.89. The van der Waals surface area contributed by atoms with Crippen LogP contribution < -0.4 is 4.74 Å². The van der Waals surface area contributed by atoms with Crippen LogP contribution in [0, 0.1) is 11.7 Å². The van der Waals surface area contributed by atoms with Gasteiger partial charge in [-0.1, -0.05) is 33.9 Å². The van der Waals surface area contributed by atoms with Gasteiger partial charge in [-0.05, 0) is 30.5 Å². The van der Waals surface area contributed by atoms with Crippen LogP contribution >= 0.6 is 0 Å². The minimum Gasteiger partial charge on any atom is -0.498 e. The standard InChI is InChI=1S/C21H30FNO2/c1-7-24-16(3)10-15(2)23-12-17(13-23)14-25-20-9-8-18(22)11-19(20)21(4,5)6/h8-9,11,17H,2-3,7,10,12-14H2,1,4-6H3. The monoisotopic (exact) mass is 347 g/mol. The predicted molar refractivity (Wildman–Crippen MR) is 100 cm³/mol. The molecule has 1 aromatic rings. The van der Waals surface area contributed by atoms with Crippen molar-refractivity contribution < 1.29 is 13.9 Å². The van der Waals surface area contributed by atoms with Crippen molar-refractivity contribution in [3.8, 4) is 5.75 Å². The Hall–Kier alpha value is -1.97. The Morgan fingerprint density at radius 3 is 2.56 bits per heavy atom. The zero-order valence-electron chi connectivity index (χ0n) is 15.9. The Morgan fingerprint density at radius 2 is 1.96 bits per heavy atom. The van der Waals surface area contributed by atoms with E-state index in [-0.39, 0.29) is 11.2 Å². The van der Waals surface area contributed by atoms with Gasteiger partial charge in [-0.2, -0.15) is 0 Å². The number of nitrogens with zero attached hydrogens (tertiary/aromatic N) is 1. The molecule has 1 heterocycles. The normalized spacial score (nSPS) is 14.8. The average molecular weight is 347 g/mol. The van der Waals surface area contributed by atoms with E-state index in [2.05, 4.69) is 38.8 Å². The van der Waals surface area contributed by atoms with Crippen molar-refractivity contribution in [1.29, 1.82) is 0 Å². The molecular formula is C21H30FNO2. The fourth-order valence-corrected chi connectivity index (χ4v) is 2.95. The van der Waals surface area contributed by atoms with Gasteiger partial charge in [0.05, 0.1) is 19.0 Å². The molecular weight excluding hydrogens is 317 g/mol. The van der Waals surface area contributed by atoms with Gasteiger partial charge in [-0.15, -0.1) is 0 Å². The third-order valence-electron chi connectivity index (χ3n) is 4.38. The van der Waals surface area contributed by atoms with Crippen LogP contribution in [0.5, 0.6) is 5.75 Å². The highest BCUT2D eigenvalue weighted by atomic mass is 19.1. The van der Waals surface area contributed by atoms with E-state index in [0.717, 1.165) is 35.9 Å². The second-order valence-electron chi connectivity index (χ2n) is 7.69. The maximum Gasteiger partial charge on any atom is 0.123 e. The summed E-state index contributed by atoms with van der Waals surface area (Å²) < 4.78 is 24.9. The molecule has 1 aliphatic heterocycles. The van der Waals surface area contributed by atoms with Crippen LogP contribution in [0.15, 0.2) is 42.8 Å². The minimum absolute atomic E-state index is 0.156. The molecule has 0 spiro atoms. The molecule has 0 saturated carbocycles. The second kappa shape index (κ2) is 7.94. The van der Waals surface area contributed by atoms with E-state index in [1.165, 1.54) is 6.07 Å². The zero-order chi connectivity index (χ0) is 18.6. The summed E-state index contributed by atoms with van der Waals surface area (Å²) >= 11 is 0. The second-order valence-corrected chi connectivity index (χ2v) is 7.69. The van der Waals surface area contributed by atoms with Crippen molar-refractivity contribution >= 4 is 0 Å². The number of hydrogen-bond acceptors (Lipinski definition) is 3. The van der Waals surface area contributed by atoms with E-state index in [1.807, 2.05) is 6.92 Å². The summed E-state index contributed by atoms with van der Waals surface area (Å²) in [4.78, 5) is 2.23. The van der Waals surface area contributed by atoms with Gasteiger partial charge >= 0.3 is 0 Å². The van der Waals surface area contributed by atoms with Gasteiger partial charge in [0.2, 0.25) is 0 Å². The van der Waals surface area contributed by atoms with E-state index in [4.69, 9.17) is 9.47 Å². The van der Waals surface area contributed by atoms with Crippen molar-refractivity contribution in [2.24, 2.45) is 5.92 Å². The molecule has 0 amide bonds. The molecule has 1 fully saturated rings. The molecule has 0 bridgehead atoms. The summed E-state index contributed by atoms with van der Waals surface area (Å²) in [6.07, 6.45) is 0.674. The van der Waals surface area contributed by atoms with Crippen LogP contribution in [-0.4, -0.2) is 31.2 Å². The van der Waals surface area contributed by atoms with Crippen LogP contribution in [0.1, 0.15) is 39.7 Å². The van der Waals surface area contributed by atoms with E-state index in [9.17, 15) is 4.39 Å². The van der Waals surface area contributed by atoms with E-state index >= 15 is 0 Å². The maximum absolute atomic E-state index is 13.6. The SMILES string of the molecule is C=C(CC(=C)N1CC(COc2ccc(F)cc2C(C)(C)C)C1)OCC. The molecule has 25 heavy (non-hydrogen) atoms. The first-order chi connectivity index (χ1) is 11.7. The number of rotatable bonds is 8. The molecule has 3 nitrogen and oxygen atoms in total. The van der Waals surface area contributed by atoms with Crippen LogP contribution in [0.4, 0.5) is 4.39 Å². The molecule has 1 aliphatic rings. The number of halogens is 1. The van der Waals surface area contributed by atoms with Crippen molar-refractivity contribution in [2.75, 3.05) is 26.3 Å². The van der Waals surface area contributed by atoms with E-state index < -0.39 is 0 Å². The largest absolute Gasteiger partial charge is 0.498 e. The molecule has 0 unspecified atom stereocenters. The summed E-state index contributed by atoms with van der Waals surface area (Å²) in [5.41, 5.74) is 1.78. The lowest BCUT2D eigenvalue weighted by Crippen LogP contribution is -2.48. The molecule has 138 valence electrons. The van der Waals surface area contributed by atoms with Gasteiger partial charge in [0, 0.05) is 36.7 Å². The Morgan fingerprint density at radius 1 is 1.28 bits per heavy atom. The van der Waals surface area contributed by atoms with Crippen molar-refractivity contribution in [1.82, 2.24) is 4.90 Å². The van der Waals surface area contributed by atoms with Gasteiger partial charge in [0.1, 0.15) is 11.6 Å². The van der Waals surface area contributed by atoms with Gasteiger partial charge in [0.15, 0.2) is 0 Å². The first kappa shape index (κ1) is 19.4. The van der Waals surface area contributed by atoms with Crippen LogP contribution in [0.2, 0.25) is 0 Å². The quantitative estimate of drug-likeness (QED) is 0.625. The molecule has 2 rings (SSSR count). The molecule has 1 saturated heterocycles. The molecule has 1 aromatic carbocycles. The highest BCUT2D eigenvalue weighted by molar-refractivity contribution is 5.39. The summed E-state index contributed by atoms with van der Waals surface area (Å²) in [7, 11) is 0. The smallest absolute Gasteiger partial charge is 0.123 e. The van der Waals surface area contributed by atoms with Crippen molar-refractivity contribution in [3.63, 3.8) is 0 Å². The zero-order valence-corrected chi connectivity index (χ0v) is 15.9. The molecule has 0 atom stereocenters. The molecule has 0 N–H and O–H groups in total. The van der Waals surface area contributed by atoms with Gasteiger partial charge in [-0.25, -0.2) is 4.39 Å². The van der Waals surface area contributed by atoms with Crippen molar-refractivity contribution in [3.05, 3.63) is 54.2 Å². The third-order valence-corrected chi connectivity index (χ3v) is 4.38. The number of benzene rings is 1. The lowest BCUT2D eigenvalue weighted by atomic mass is 9.86. The molecule has 4 heteroatoms. The van der Waals surface area contributed by atoms with Crippen LogP contribution in [0.3, 0.4) is 0 Å². The fourth-order valence-electron chi connectivity index (χ4n) is 2.95. The topological polar surface area (TPSA) is 21.7 Å². The lowest BCUT2D eigenvalue weighted by Gasteiger charge is -2.42. The number of likely N-dealkylation sites (tertiary alicyclic amines) is 1. The van der Waals surface area contributed by atoms with Gasteiger partial charge in [-0.3, -0.25) is 0 Å². The number of ether oxygens (including phenoxy) is 2. The average Bonchev–Trinajstić information content (AvgIpc) is 2.46. The Labute approximate surface area is 151 Å². The molecule has 0 aliphatic carbocycles. The van der Waals surface area contributed by atoms with E-state index in [1.54, 1.807) is 12.1 Å². The summed E-state index contributed by atoms with van der Waals surface area (Å²) in [6.45, 7) is 19.3. The number of hydrogen-bond donors (Lipinski definition) is 0. The maximum atomic E-state index is 13.6. The highest BCUT2D eigenvalue weighted by Gasteiger charge is 2.29. The molecule has 0 radical (unpaired) electrons. The lowest BCUT2D eigenvalue weighted by molar-refractivity contribution is 0.0865. The summed E-state index contributed by atoms with van der Waals surface area (Å²) in [5.74, 6) is 1.76. The van der Waals surface area contributed by atoms with Gasteiger partial charge in [0.25, 0.3) is 0 Å². The summed E-state index contributed by atoms with van der Waals surface area (Å²) in [6, 6.07) is 4.76. The fraction of sp³-hybridized carbons (Fsp3) is 0.524. The Balaban J connectivity index is 1.83. The first-order valence-electron chi connectivity index (χ1n) is 8.86. The third kappa shape index (κ3) is 5.25.